The van der Waals surface area contributed by atoms with Crippen LogP contribution in [-0.2, 0) is 0 Å². The fraction of sp³-hybridized carbons (Fsp3) is 0.917. The zero-order valence-electron chi connectivity index (χ0n) is 18.5. The van der Waals surface area contributed by atoms with Crippen molar-refractivity contribution in [2.24, 2.45) is 11.5 Å². The van der Waals surface area contributed by atoms with E-state index in [2.05, 4.69) is 26.0 Å². The van der Waals surface area contributed by atoms with E-state index in [1.54, 1.807) is 0 Å². The number of unbranched alkanes of at least 4 members (excludes halogenated alkanes) is 15. The molecule has 4 N–H and O–H groups in total. The predicted octanol–water partition coefficient (Wildman–Crippen LogP) is 7.51. The molecular formula is C24H52N2. The SMILES string of the molecule is CCCCCCCC/C=C\CCCCCCCCN.CCCCCCN. The Labute approximate surface area is 166 Å². The minimum Gasteiger partial charge on any atom is -0.330 e. The van der Waals surface area contributed by atoms with Crippen molar-refractivity contribution < 1.29 is 0 Å². The summed E-state index contributed by atoms with van der Waals surface area (Å²) in [5.74, 6) is 0. The van der Waals surface area contributed by atoms with E-state index in [-0.39, 0.29) is 0 Å². The Kier molecular flexibility index (Phi) is 31.5. The molecule has 158 valence electrons. The molecule has 0 saturated heterocycles. The zero-order chi connectivity index (χ0) is 19.6. The van der Waals surface area contributed by atoms with E-state index in [9.17, 15) is 0 Å². The molecule has 0 atom stereocenters. The molecule has 0 heterocycles. The van der Waals surface area contributed by atoms with Crippen molar-refractivity contribution in [3.8, 4) is 0 Å². The fourth-order valence-corrected chi connectivity index (χ4v) is 2.96. The summed E-state index contributed by atoms with van der Waals surface area (Å²) in [5, 5.41) is 0. The van der Waals surface area contributed by atoms with E-state index in [0.717, 1.165) is 13.1 Å². The number of nitrogens with two attached hydrogens (primary N) is 2. The minimum absolute atomic E-state index is 0.861. The average Bonchev–Trinajstić information content (AvgIpc) is 2.66. The lowest BCUT2D eigenvalue weighted by Crippen LogP contribution is -1.97. The normalized spacial score (nSPS) is 10.9. The van der Waals surface area contributed by atoms with Crippen molar-refractivity contribution in [1.82, 2.24) is 0 Å². The summed E-state index contributed by atoms with van der Waals surface area (Å²) in [5.41, 5.74) is 10.7. The summed E-state index contributed by atoms with van der Waals surface area (Å²) >= 11 is 0. The maximum Gasteiger partial charge on any atom is -0.00773 e. The third-order valence-corrected chi connectivity index (χ3v) is 4.77. The first kappa shape index (κ1) is 27.9. The van der Waals surface area contributed by atoms with Crippen molar-refractivity contribution in [3.63, 3.8) is 0 Å². The summed E-state index contributed by atoms with van der Waals surface area (Å²) in [4.78, 5) is 0. The van der Waals surface area contributed by atoms with Gasteiger partial charge in [-0.3, -0.25) is 0 Å². The molecule has 0 spiro atoms. The Morgan fingerprint density at radius 1 is 0.423 bits per heavy atom. The second-order valence-electron chi connectivity index (χ2n) is 7.58. The largest absolute Gasteiger partial charge is 0.330 e. The smallest absolute Gasteiger partial charge is 0.00773 e. The van der Waals surface area contributed by atoms with Crippen molar-refractivity contribution >= 4 is 0 Å². The molecule has 0 radical (unpaired) electrons. The van der Waals surface area contributed by atoms with Gasteiger partial charge in [0.25, 0.3) is 0 Å². The quantitative estimate of drug-likeness (QED) is 0.183. The summed E-state index contributed by atoms with van der Waals surface area (Å²) in [7, 11) is 0. The zero-order valence-corrected chi connectivity index (χ0v) is 18.5. The number of allylic oxidation sites excluding steroid dienone is 2. The second-order valence-corrected chi connectivity index (χ2v) is 7.58. The third kappa shape index (κ3) is 31.4. The van der Waals surface area contributed by atoms with E-state index >= 15 is 0 Å². The highest BCUT2D eigenvalue weighted by Crippen LogP contribution is 2.09. The van der Waals surface area contributed by atoms with Crippen molar-refractivity contribution in [3.05, 3.63) is 12.2 Å². The Morgan fingerprint density at radius 2 is 0.731 bits per heavy atom. The lowest BCUT2D eigenvalue weighted by Gasteiger charge is -1.99. The summed E-state index contributed by atoms with van der Waals surface area (Å²) in [6, 6.07) is 0. The Balaban J connectivity index is 0. The molecule has 0 bridgehead atoms. The molecule has 0 aliphatic heterocycles. The first-order chi connectivity index (χ1) is 12.8. The van der Waals surface area contributed by atoms with Gasteiger partial charge in [0.1, 0.15) is 0 Å². The number of hydrogen-bond acceptors (Lipinski definition) is 2. The highest BCUT2D eigenvalue weighted by atomic mass is 14.5. The van der Waals surface area contributed by atoms with Crippen LogP contribution in [0.4, 0.5) is 0 Å². The molecule has 0 aliphatic carbocycles. The van der Waals surface area contributed by atoms with Gasteiger partial charge in [-0.2, -0.15) is 0 Å². The molecule has 0 aromatic rings. The van der Waals surface area contributed by atoms with Crippen molar-refractivity contribution in [2.75, 3.05) is 13.1 Å². The summed E-state index contributed by atoms with van der Waals surface area (Å²) < 4.78 is 0. The van der Waals surface area contributed by atoms with Gasteiger partial charge in [-0.1, -0.05) is 103 Å². The Morgan fingerprint density at radius 3 is 1.12 bits per heavy atom. The Hall–Kier alpha value is -0.340. The minimum atomic E-state index is 0.861. The highest BCUT2D eigenvalue weighted by molar-refractivity contribution is 4.81. The van der Waals surface area contributed by atoms with Gasteiger partial charge >= 0.3 is 0 Å². The summed E-state index contributed by atoms with van der Waals surface area (Å²) in [6.07, 6.45) is 29.1. The van der Waals surface area contributed by atoms with Crippen LogP contribution in [0, 0.1) is 0 Å². The van der Waals surface area contributed by atoms with E-state index in [4.69, 9.17) is 11.5 Å². The number of hydrogen-bond donors (Lipinski definition) is 2. The highest BCUT2D eigenvalue weighted by Gasteiger charge is 1.90. The molecule has 0 aromatic heterocycles. The van der Waals surface area contributed by atoms with Gasteiger partial charge in [-0.15, -0.1) is 0 Å². The number of rotatable bonds is 19. The molecule has 0 aliphatic rings. The van der Waals surface area contributed by atoms with Crippen LogP contribution in [-0.4, -0.2) is 13.1 Å². The molecule has 0 unspecified atom stereocenters. The van der Waals surface area contributed by atoms with Crippen molar-refractivity contribution in [1.29, 1.82) is 0 Å². The van der Waals surface area contributed by atoms with Crippen LogP contribution in [0.3, 0.4) is 0 Å². The lowest BCUT2D eigenvalue weighted by molar-refractivity contribution is 0.599. The van der Waals surface area contributed by atoms with Crippen LogP contribution in [0.1, 0.15) is 129 Å². The Bertz CT molecular complexity index is 234. The molecule has 0 fully saturated rings. The van der Waals surface area contributed by atoms with E-state index in [1.165, 1.54) is 116 Å². The van der Waals surface area contributed by atoms with Crippen LogP contribution in [0.15, 0.2) is 12.2 Å². The van der Waals surface area contributed by atoms with Crippen LogP contribution in [0.5, 0.6) is 0 Å². The van der Waals surface area contributed by atoms with Gasteiger partial charge in [0.2, 0.25) is 0 Å². The van der Waals surface area contributed by atoms with Crippen LogP contribution < -0.4 is 11.5 Å². The first-order valence-corrected chi connectivity index (χ1v) is 11.9. The predicted molar refractivity (Wildman–Crippen MR) is 122 cm³/mol. The van der Waals surface area contributed by atoms with Gasteiger partial charge in [0.05, 0.1) is 0 Å². The van der Waals surface area contributed by atoms with Crippen molar-refractivity contribution in [2.45, 2.75) is 129 Å². The standard InChI is InChI=1S/C18H37N.C6H15N/c1-2-3-4-5-6-7-8-9-10-11-12-13-14-15-16-17-18-19;1-2-3-4-5-6-7/h9-10H,2-8,11-19H2,1H3;2-7H2,1H3/b10-9-;. The van der Waals surface area contributed by atoms with E-state index in [1.807, 2.05) is 0 Å². The summed E-state index contributed by atoms with van der Waals surface area (Å²) in [6.45, 7) is 6.21. The second kappa shape index (κ2) is 29.4. The maximum atomic E-state index is 5.47. The van der Waals surface area contributed by atoms with Gasteiger partial charge < -0.3 is 11.5 Å². The van der Waals surface area contributed by atoms with Gasteiger partial charge in [0, 0.05) is 0 Å². The van der Waals surface area contributed by atoms with Crippen LogP contribution in [0.25, 0.3) is 0 Å². The maximum absolute atomic E-state index is 5.47. The van der Waals surface area contributed by atoms with Gasteiger partial charge in [-0.25, -0.2) is 0 Å². The van der Waals surface area contributed by atoms with Crippen LogP contribution in [0.2, 0.25) is 0 Å². The third-order valence-electron chi connectivity index (χ3n) is 4.77. The lowest BCUT2D eigenvalue weighted by atomic mass is 10.1. The van der Waals surface area contributed by atoms with Crippen LogP contribution >= 0.6 is 0 Å². The molecule has 0 rings (SSSR count). The van der Waals surface area contributed by atoms with E-state index < -0.39 is 0 Å². The molecule has 2 nitrogen and oxygen atoms in total. The topological polar surface area (TPSA) is 52.0 Å². The molecule has 0 amide bonds. The van der Waals surface area contributed by atoms with E-state index in [0.29, 0.717) is 0 Å². The first-order valence-electron chi connectivity index (χ1n) is 11.9. The molecule has 2 heteroatoms. The molecule has 0 saturated carbocycles. The van der Waals surface area contributed by atoms with Gasteiger partial charge in [-0.05, 0) is 51.6 Å². The average molecular weight is 369 g/mol. The fourth-order valence-electron chi connectivity index (χ4n) is 2.96. The molecule has 0 aromatic carbocycles. The molecule has 26 heavy (non-hydrogen) atoms. The van der Waals surface area contributed by atoms with Gasteiger partial charge in [0.15, 0.2) is 0 Å². The molecular weight excluding hydrogens is 316 g/mol. The monoisotopic (exact) mass is 368 g/mol.